The van der Waals surface area contributed by atoms with Gasteiger partial charge in [0, 0.05) is 57.1 Å². The molecule has 0 amide bonds. The first-order valence-corrected chi connectivity index (χ1v) is 8.07. The Bertz CT molecular complexity index is 638. The Balaban J connectivity index is 1.68. The van der Waals surface area contributed by atoms with Crippen LogP contribution in [0.25, 0.3) is 0 Å². The minimum atomic E-state index is 0.496. The molecule has 6 heteroatoms. The SMILES string of the molecule is CN(C)CCN1CCc2c(c(COc3cccnc3)nn2C)C1. The van der Waals surface area contributed by atoms with Gasteiger partial charge in [-0.3, -0.25) is 14.6 Å². The van der Waals surface area contributed by atoms with Crippen LogP contribution < -0.4 is 4.74 Å². The fraction of sp³-hybridized carbons (Fsp3) is 0.529. The molecule has 1 aliphatic heterocycles. The Labute approximate surface area is 137 Å². The standard InChI is InChI=1S/C17H25N5O/c1-20(2)9-10-22-8-6-17-15(12-22)16(19-21(17)3)13-23-14-5-4-7-18-11-14/h4-5,7,11H,6,8-10,12-13H2,1-3H3. The van der Waals surface area contributed by atoms with Crippen LogP contribution in [-0.2, 0) is 26.6 Å². The molecule has 0 radical (unpaired) electrons. The highest BCUT2D eigenvalue weighted by Crippen LogP contribution is 2.23. The molecule has 2 aromatic rings. The van der Waals surface area contributed by atoms with Gasteiger partial charge in [-0.2, -0.15) is 5.10 Å². The van der Waals surface area contributed by atoms with E-state index in [1.54, 1.807) is 12.4 Å². The lowest BCUT2D eigenvalue weighted by atomic mass is 10.1. The summed E-state index contributed by atoms with van der Waals surface area (Å²) in [5.41, 5.74) is 3.72. The zero-order chi connectivity index (χ0) is 16.2. The van der Waals surface area contributed by atoms with E-state index in [2.05, 4.69) is 34.0 Å². The topological polar surface area (TPSA) is 46.4 Å². The Morgan fingerprint density at radius 1 is 1.35 bits per heavy atom. The van der Waals surface area contributed by atoms with Crippen LogP contribution in [0.15, 0.2) is 24.5 Å². The summed E-state index contributed by atoms with van der Waals surface area (Å²) in [5, 5.41) is 4.67. The zero-order valence-electron chi connectivity index (χ0n) is 14.2. The largest absolute Gasteiger partial charge is 0.486 e. The molecule has 6 nitrogen and oxygen atoms in total. The minimum absolute atomic E-state index is 0.496. The Morgan fingerprint density at radius 3 is 2.96 bits per heavy atom. The van der Waals surface area contributed by atoms with Gasteiger partial charge in [-0.25, -0.2) is 0 Å². The third-order valence-electron chi connectivity index (χ3n) is 4.28. The molecule has 0 aromatic carbocycles. The fourth-order valence-corrected chi connectivity index (χ4v) is 2.96. The number of aromatic nitrogens is 3. The van der Waals surface area contributed by atoms with Crippen molar-refractivity contribution >= 4 is 0 Å². The van der Waals surface area contributed by atoms with E-state index in [-0.39, 0.29) is 0 Å². The van der Waals surface area contributed by atoms with Crippen molar-refractivity contribution in [3.8, 4) is 5.75 Å². The zero-order valence-corrected chi connectivity index (χ0v) is 14.2. The average Bonchev–Trinajstić information content (AvgIpc) is 2.88. The van der Waals surface area contributed by atoms with Gasteiger partial charge < -0.3 is 9.64 Å². The molecule has 0 spiro atoms. The van der Waals surface area contributed by atoms with E-state index in [0.29, 0.717) is 6.61 Å². The van der Waals surface area contributed by atoms with Gasteiger partial charge in [-0.15, -0.1) is 0 Å². The highest BCUT2D eigenvalue weighted by atomic mass is 16.5. The molecule has 124 valence electrons. The summed E-state index contributed by atoms with van der Waals surface area (Å²) >= 11 is 0. The van der Waals surface area contributed by atoms with Crippen LogP contribution in [0.5, 0.6) is 5.75 Å². The summed E-state index contributed by atoms with van der Waals surface area (Å²) in [6.07, 6.45) is 4.54. The predicted octanol–water partition coefficient (Wildman–Crippen LogP) is 1.31. The molecule has 2 aromatic heterocycles. The minimum Gasteiger partial charge on any atom is -0.486 e. The third kappa shape index (κ3) is 3.89. The highest BCUT2D eigenvalue weighted by Gasteiger charge is 2.23. The molecule has 1 aliphatic rings. The van der Waals surface area contributed by atoms with Crippen LogP contribution >= 0.6 is 0 Å². The summed E-state index contributed by atoms with van der Waals surface area (Å²) in [5.74, 6) is 0.784. The molecular weight excluding hydrogens is 290 g/mol. The number of hydrogen-bond donors (Lipinski definition) is 0. The molecule has 0 bridgehead atoms. The van der Waals surface area contributed by atoms with Gasteiger partial charge in [0.2, 0.25) is 0 Å². The van der Waals surface area contributed by atoms with Gasteiger partial charge in [-0.05, 0) is 26.2 Å². The fourth-order valence-electron chi connectivity index (χ4n) is 2.96. The number of aryl methyl sites for hydroxylation is 1. The van der Waals surface area contributed by atoms with Crippen LogP contribution in [-0.4, -0.2) is 58.3 Å². The van der Waals surface area contributed by atoms with Crippen molar-refractivity contribution < 1.29 is 4.74 Å². The van der Waals surface area contributed by atoms with Crippen LogP contribution in [0.2, 0.25) is 0 Å². The molecule has 23 heavy (non-hydrogen) atoms. The van der Waals surface area contributed by atoms with E-state index >= 15 is 0 Å². The average molecular weight is 315 g/mol. The monoisotopic (exact) mass is 315 g/mol. The molecule has 0 unspecified atom stereocenters. The van der Waals surface area contributed by atoms with Gasteiger partial charge in [0.15, 0.2) is 0 Å². The second-order valence-electron chi connectivity index (χ2n) is 6.30. The van der Waals surface area contributed by atoms with Gasteiger partial charge in [0.25, 0.3) is 0 Å². The van der Waals surface area contributed by atoms with Gasteiger partial charge in [-0.1, -0.05) is 0 Å². The Kier molecular flexibility index (Phi) is 4.93. The number of hydrogen-bond acceptors (Lipinski definition) is 5. The van der Waals surface area contributed by atoms with Crippen LogP contribution in [0.4, 0.5) is 0 Å². The molecule has 0 atom stereocenters. The lowest BCUT2D eigenvalue weighted by Gasteiger charge is -2.28. The summed E-state index contributed by atoms with van der Waals surface area (Å²) in [6, 6.07) is 3.80. The van der Waals surface area contributed by atoms with Gasteiger partial charge >= 0.3 is 0 Å². The number of ether oxygens (including phenoxy) is 1. The van der Waals surface area contributed by atoms with E-state index < -0.39 is 0 Å². The lowest BCUT2D eigenvalue weighted by molar-refractivity contribution is 0.221. The number of pyridine rings is 1. The smallest absolute Gasteiger partial charge is 0.138 e. The van der Waals surface area contributed by atoms with E-state index in [9.17, 15) is 0 Å². The lowest BCUT2D eigenvalue weighted by Crippen LogP contribution is -2.36. The first kappa shape index (κ1) is 16.0. The van der Waals surface area contributed by atoms with E-state index in [1.165, 1.54) is 11.3 Å². The van der Waals surface area contributed by atoms with E-state index in [0.717, 1.165) is 44.0 Å². The van der Waals surface area contributed by atoms with Crippen LogP contribution in [0.1, 0.15) is 17.0 Å². The summed E-state index contributed by atoms with van der Waals surface area (Å²) < 4.78 is 7.85. The number of likely N-dealkylation sites (N-methyl/N-ethyl adjacent to an activating group) is 1. The summed E-state index contributed by atoms with van der Waals surface area (Å²) in [4.78, 5) is 8.80. The molecular formula is C17H25N5O. The summed E-state index contributed by atoms with van der Waals surface area (Å²) in [6.45, 7) is 4.73. The Morgan fingerprint density at radius 2 is 2.22 bits per heavy atom. The van der Waals surface area contributed by atoms with Crippen molar-refractivity contribution in [1.82, 2.24) is 24.6 Å². The molecule has 3 heterocycles. The first-order chi connectivity index (χ1) is 11.1. The van der Waals surface area contributed by atoms with Crippen LogP contribution in [0.3, 0.4) is 0 Å². The highest BCUT2D eigenvalue weighted by molar-refractivity contribution is 5.29. The van der Waals surface area contributed by atoms with E-state index in [1.807, 2.05) is 23.9 Å². The van der Waals surface area contributed by atoms with Crippen molar-refractivity contribution in [2.75, 3.05) is 33.7 Å². The second kappa shape index (κ2) is 7.10. The van der Waals surface area contributed by atoms with Gasteiger partial charge in [0.05, 0.1) is 6.20 Å². The Hall–Kier alpha value is -1.92. The normalized spacial score (nSPS) is 15.0. The summed E-state index contributed by atoms with van der Waals surface area (Å²) in [7, 11) is 6.26. The molecule has 0 saturated heterocycles. The predicted molar refractivity (Wildman–Crippen MR) is 89.3 cm³/mol. The third-order valence-corrected chi connectivity index (χ3v) is 4.28. The molecule has 3 rings (SSSR count). The maximum atomic E-state index is 5.84. The van der Waals surface area contributed by atoms with Crippen molar-refractivity contribution in [3.05, 3.63) is 41.5 Å². The van der Waals surface area contributed by atoms with Crippen molar-refractivity contribution in [2.24, 2.45) is 7.05 Å². The second-order valence-corrected chi connectivity index (χ2v) is 6.30. The molecule has 0 saturated carbocycles. The maximum Gasteiger partial charge on any atom is 0.138 e. The van der Waals surface area contributed by atoms with Crippen molar-refractivity contribution in [2.45, 2.75) is 19.6 Å². The molecule has 0 N–H and O–H groups in total. The van der Waals surface area contributed by atoms with Crippen LogP contribution in [0, 0.1) is 0 Å². The number of nitrogens with zero attached hydrogens (tertiary/aromatic N) is 5. The van der Waals surface area contributed by atoms with Gasteiger partial charge in [0.1, 0.15) is 18.1 Å². The van der Waals surface area contributed by atoms with Crippen molar-refractivity contribution in [3.63, 3.8) is 0 Å². The molecule has 0 aliphatic carbocycles. The van der Waals surface area contributed by atoms with Crippen molar-refractivity contribution in [1.29, 1.82) is 0 Å². The maximum absolute atomic E-state index is 5.84. The van der Waals surface area contributed by atoms with E-state index in [4.69, 9.17) is 4.74 Å². The first-order valence-electron chi connectivity index (χ1n) is 8.07. The quantitative estimate of drug-likeness (QED) is 0.804. The molecule has 0 fully saturated rings. The number of rotatable bonds is 6. The number of fused-ring (bicyclic) bond motifs is 1.